The Morgan fingerprint density at radius 1 is 1.10 bits per heavy atom. The molecule has 0 spiro atoms. The molecule has 4 nitrogen and oxygen atoms in total. The van der Waals surface area contributed by atoms with E-state index in [1.807, 2.05) is 0 Å². The minimum absolute atomic E-state index is 0.193. The van der Waals surface area contributed by atoms with Crippen LogP contribution in [-0.2, 0) is 0 Å². The van der Waals surface area contributed by atoms with Gasteiger partial charge in [-0.25, -0.2) is 0 Å². The fraction of sp³-hybridized carbons (Fsp3) is 0.133. The molecule has 0 radical (unpaired) electrons. The molecule has 2 aromatic rings. The van der Waals surface area contributed by atoms with E-state index in [9.17, 15) is 4.79 Å². The maximum absolute atomic E-state index is 12.5. The molecular formula is C15H12ClNO3. The summed E-state index contributed by atoms with van der Waals surface area (Å²) in [5, 5.41) is 0.506. The molecule has 0 unspecified atom stereocenters. The minimum atomic E-state index is -0.193. The molecule has 3 rings (SSSR count). The lowest BCUT2D eigenvalue weighted by atomic mass is 10.0. The van der Waals surface area contributed by atoms with Crippen LogP contribution in [0.15, 0.2) is 36.4 Å². The molecule has 0 fully saturated rings. The number of anilines is 1. The zero-order valence-corrected chi connectivity index (χ0v) is 11.3. The van der Waals surface area contributed by atoms with Crippen LogP contribution in [-0.4, -0.2) is 19.0 Å². The largest absolute Gasteiger partial charge is 0.486 e. The van der Waals surface area contributed by atoms with E-state index in [-0.39, 0.29) is 5.78 Å². The Morgan fingerprint density at radius 2 is 1.80 bits per heavy atom. The summed E-state index contributed by atoms with van der Waals surface area (Å²) < 4.78 is 10.9. The van der Waals surface area contributed by atoms with Gasteiger partial charge < -0.3 is 15.2 Å². The number of hydrogen-bond acceptors (Lipinski definition) is 4. The van der Waals surface area contributed by atoms with Crippen molar-refractivity contribution in [3.8, 4) is 11.5 Å². The number of carbonyl (C=O) groups is 1. The molecule has 20 heavy (non-hydrogen) atoms. The van der Waals surface area contributed by atoms with Crippen LogP contribution < -0.4 is 15.2 Å². The number of benzene rings is 2. The maximum Gasteiger partial charge on any atom is 0.195 e. The molecule has 0 saturated carbocycles. The minimum Gasteiger partial charge on any atom is -0.486 e. The van der Waals surface area contributed by atoms with Crippen LogP contribution >= 0.6 is 11.6 Å². The van der Waals surface area contributed by atoms with Gasteiger partial charge in [0.25, 0.3) is 0 Å². The first-order valence-electron chi connectivity index (χ1n) is 6.14. The SMILES string of the molecule is Nc1cc2c(cc1C(=O)c1cccc(Cl)c1)OCCO2. The molecule has 1 heterocycles. The van der Waals surface area contributed by atoms with Crippen LogP contribution in [0.4, 0.5) is 5.69 Å². The van der Waals surface area contributed by atoms with Crippen LogP contribution in [0.25, 0.3) is 0 Å². The molecule has 0 aliphatic carbocycles. The zero-order chi connectivity index (χ0) is 14.1. The number of nitrogens with two attached hydrogens (primary N) is 1. The highest BCUT2D eigenvalue weighted by atomic mass is 35.5. The van der Waals surface area contributed by atoms with Gasteiger partial charge in [0.1, 0.15) is 13.2 Å². The number of nitrogen functional groups attached to an aromatic ring is 1. The summed E-state index contributed by atoms with van der Waals surface area (Å²) in [6, 6.07) is 9.99. The fourth-order valence-corrected chi connectivity index (χ4v) is 2.28. The van der Waals surface area contributed by atoms with E-state index < -0.39 is 0 Å². The second-order valence-electron chi connectivity index (χ2n) is 4.42. The van der Waals surface area contributed by atoms with E-state index in [4.69, 9.17) is 26.8 Å². The van der Waals surface area contributed by atoms with Crippen LogP contribution in [0.2, 0.25) is 5.02 Å². The van der Waals surface area contributed by atoms with Gasteiger partial charge in [-0.2, -0.15) is 0 Å². The van der Waals surface area contributed by atoms with Gasteiger partial charge in [-0.1, -0.05) is 23.7 Å². The van der Waals surface area contributed by atoms with Crippen molar-refractivity contribution >= 4 is 23.1 Å². The molecule has 0 bridgehead atoms. The van der Waals surface area contributed by atoms with Crippen LogP contribution in [0.1, 0.15) is 15.9 Å². The van der Waals surface area contributed by atoms with E-state index in [1.165, 1.54) is 0 Å². The number of halogens is 1. The van der Waals surface area contributed by atoms with Crippen molar-refractivity contribution in [3.05, 3.63) is 52.5 Å². The summed E-state index contributed by atoms with van der Waals surface area (Å²) in [5.41, 5.74) is 7.16. The van der Waals surface area contributed by atoms with Gasteiger partial charge in [0.2, 0.25) is 0 Å². The van der Waals surface area contributed by atoms with E-state index in [0.29, 0.717) is 46.5 Å². The number of hydrogen-bond donors (Lipinski definition) is 1. The number of rotatable bonds is 2. The third-order valence-corrected chi connectivity index (χ3v) is 3.28. The summed E-state index contributed by atoms with van der Waals surface area (Å²) >= 11 is 5.90. The monoisotopic (exact) mass is 289 g/mol. The summed E-state index contributed by atoms with van der Waals surface area (Å²) in [4.78, 5) is 12.5. The molecule has 1 aliphatic heterocycles. The molecular weight excluding hydrogens is 278 g/mol. The van der Waals surface area contributed by atoms with Crippen molar-refractivity contribution in [1.82, 2.24) is 0 Å². The first kappa shape index (κ1) is 12.8. The van der Waals surface area contributed by atoms with Gasteiger partial charge in [0.05, 0.1) is 0 Å². The van der Waals surface area contributed by atoms with E-state index in [1.54, 1.807) is 36.4 Å². The Morgan fingerprint density at radius 3 is 2.50 bits per heavy atom. The fourth-order valence-electron chi connectivity index (χ4n) is 2.09. The van der Waals surface area contributed by atoms with Gasteiger partial charge in [-0.05, 0) is 18.2 Å². The molecule has 0 aromatic heterocycles. The van der Waals surface area contributed by atoms with Gasteiger partial charge >= 0.3 is 0 Å². The molecule has 2 N–H and O–H groups in total. The second kappa shape index (κ2) is 5.06. The van der Waals surface area contributed by atoms with Crippen LogP contribution in [0, 0.1) is 0 Å². The van der Waals surface area contributed by atoms with E-state index in [0.717, 1.165) is 0 Å². The predicted molar refractivity (Wildman–Crippen MR) is 76.7 cm³/mol. The maximum atomic E-state index is 12.5. The highest BCUT2D eigenvalue weighted by Crippen LogP contribution is 2.35. The quantitative estimate of drug-likeness (QED) is 0.682. The third kappa shape index (κ3) is 2.30. The topological polar surface area (TPSA) is 61.6 Å². The van der Waals surface area contributed by atoms with Gasteiger partial charge in [-0.15, -0.1) is 0 Å². The van der Waals surface area contributed by atoms with Crippen molar-refractivity contribution < 1.29 is 14.3 Å². The Bertz CT molecular complexity index is 685. The van der Waals surface area contributed by atoms with Crippen molar-refractivity contribution in [3.63, 3.8) is 0 Å². The van der Waals surface area contributed by atoms with Crippen LogP contribution in [0.3, 0.4) is 0 Å². The average Bonchev–Trinajstić information content (AvgIpc) is 2.46. The number of ketones is 1. The van der Waals surface area contributed by atoms with Crippen molar-refractivity contribution in [1.29, 1.82) is 0 Å². The summed E-state index contributed by atoms with van der Waals surface area (Å²) in [5.74, 6) is 0.911. The molecule has 0 amide bonds. The van der Waals surface area contributed by atoms with Crippen LogP contribution in [0.5, 0.6) is 11.5 Å². The number of ether oxygens (including phenoxy) is 2. The summed E-state index contributed by atoms with van der Waals surface area (Å²) in [6.07, 6.45) is 0. The molecule has 5 heteroatoms. The lowest BCUT2D eigenvalue weighted by Crippen LogP contribution is -2.16. The van der Waals surface area contributed by atoms with E-state index in [2.05, 4.69) is 0 Å². The number of fused-ring (bicyclic) bond motifs is 1. The van der Waals surface area contributed by atoms with Gasteiger partial charge in [0.15, 0.2) is 17.3 Å². The third-order valence-electron chi connectivity index (χ3n) is 3.05. The standard InChI is InChI=1S/C15H12ClNO3/c16-10-3-1-2-9(6-10)15(18)11-7-13-14(8-12(11)17)20-5-4-19-13/h1-3,6-8H,4-5,17H2. The predicted octanol–water partition coefficient (Wildman–Crippen LogP) is 2.92. The van der Waals surface area contributed by atoms with E-state index >= 15 is 0 Å². The first-order valence-corrected chi connectivity index (χ1v) is 6.52. The Hall–Kier alpha value is -2.20. The number of carbonyl (C=O) groups excluding carboxylic acids is 1. The highest BCUT2D eigenvalue weighted by molar-refractivity contribution is 6.31. The molecule has 2 aromatic carbocycles. The normalized spacial score (nSPS) is 13.1. The first-order chi connectivity index (χ1) is 9.65. The van der Waals surface area contributed by atoms with Gasteiger partial charge in [0, 0.05) is 27.9 Å². The lowest BCUT2D eigenvalue weighted by molar-refractivity contribution is 0.103. The Balaban J connectivity index is 2.03. The molecule has 0 atom stereocenters. The Kier molecular flexibility index (Phi) is 3.24. The molecule has 1 aliphatic rings. The highest BCUT2D eigenvalue weighted by Gasteiger charge is 2.19. The summed E-state index contributed by atoms with van der Waals surface area (Å²) in [7, 11) is 0. The van der Waals surface area contributed by atoms with Gasteiger partial charge in [-0.3, -0.25) is 4.79 Å². The second-order valence-corrected chi connectivity index (χ2v) is 4.86. The van der Waals surface area contributed by atoms with Crippen molar-refractivity contribution in [2.75, 3.05) is 18.9 Å². The zero-order valence-electron chi connectivity index (χ0n) is 10.6. The van der Waals surface area contributed by atoms with Crippen molar-refractivity contribution in [2.24, 2.45) is 0 Å². The molecule has 0 saturated heterocycles. The van der Waals surface area contributed by atoms with Crippen molar-refractivity contribution in [2.45, 2.75) is 0 Å². The average molecular weight is 290 g/mol. The summed E-state index contributed by atoms with van der Waals surface area (Å²) in [6.45, 7) is 0.940. The molecule has 102 valence electrons. The lowest BCUT2D eigenvalue weighted by Gasteiger charge is -2.19. The Labute approximate surface area is 121 Å². The smallest absolute Gasteiger partial charge is 0.195 e.